The van der Waals surface area contributed by atoms with E-state index in [4.69, 9.17) is 28.4 Å². The molecular weight excluding hydrogens is 232 g/mol. The third kappa shape index (κ3) is 6.71. The molecule has 0 fully saturated rings. The lowest BCUT2D eigenvalue weighted by Crippen LogP contribution is -2.09. The van der Waals surface area contributed by atoms with Crippen molar-refractivity contribution in [2.24, 2.45) is 11.5 Å². The molecule has 1 rings (SSSR count). The zero-order valence-corrected chi connectivity index (χ0v) is 10.6. The van der Waals surface area contributed by atoms with Gasteiger partial charge in [-0.15, -0.1) is 0 Å². The van der Waals surface area contributed by atoms with Crippen LogP contribution in [-0.4, -0.2) is 11.6 Å². The Labute approximate surface area is 107 Å². The van der Waals surface area contributed by atoms with Gasteiger partial charge in [-0.3, -0.25) is 0 Å². The van der Waals surface area contributed by atoms with E-state index in [1.165, 1.54) is 5.56 Å². The highest BCUT2D eigenvalue weighted by Crippen LogP contribution is 2.03. The molecule has 0 aliphatic heterocycles. The first-order valence-corrected chi connectivity index (χ1v) is 5.96. The Kier molecular flexibility index (Phi) is 6.29. The Hall–Kier alpha value is -1.39. The first kappa shape index (κ1) is 13.7. The third-order valence-corrected chi connectivity index (χ3v) is 2.31. The Morgan fingerprint density at radius 3 is 2.59 bits per heavy atom. The molecule has 0 saturated carbocycles. The van der Waals surface area contributed by atoms with Crippen molar-refractivity contribution in [3.05, 3.63) is 47.7 Å². The highest BCUT2D eigenvalue weighted by atomic mass is 32.1. The molecule has 3 nitrogen and oxygen atoms in total. The largest absolute Gasteiger partial charge is 0.402 e. The molecule has 0 heterocycles. The normalized spacial score (nSPS) is 11.4. The molecule has 0 aliphatic rings. The Bertz CT molecular complexity index is 376. The van der Waals surface area contributed by atoms with Gasteiger partial charge >= 0.3 is 0 Å². The zero-order chi connectivity index (χ0) is 12.5. The van der Waals surface area contributed by atoms with Crippen LogP contribution in [-0.2, 0) is 11.3 Å². The van der Waals surface area contributed by atoms with Gasteiger partial charge in [0, 0.05) is 12.3 Å². The van der Waals surface area contributed by atoms with Gasteiger partial charge in [-0.1, -0.05) is 42.5 Å². The summed E-state index contributed by atoms with van der Waals surface area (Å²) in [4.78, 5) is 0.327. The maximum atomic E-state index is 5.71. The predicted octanol–water partition coefficient (Wildman–Crippen LogP) is 2.11. The van der Waals surface area contributed by atoms with E-state index < -0.39 is 0 Å². The van der Waals surface area contributed by atoms with Crippen LogP contribution in [0.5, 0.6) is 0 Å². The summed E-state index contributed by atoms with van der Waals surface area (Å²) in [5.74, 6) is 0. The number of hydrogen-bond acceptors (Lipinski definition) is 3. The first-order valence-electron chi connectivity index (χ1n) is 5.55. The van der Waals surface area contributed by atoms with Gasteiger partial charge in [0.05, 0.1) is 11.6 Å². The summed E-state index contributed by atoms with van der Waals surface area (Å²) in [5.41, 5.74) is 12.9. The van der Waals surface area contributed by atoms with Crippen LogP contribution in [0.1, 0.15) is 18.4 Å². The standard InChI is InChI=1S/C13H18N2OS/c14-12(9-13(15)17)7-4-8-16-10-11-5-2-1-3-6-11/h1-3,5-6,9H,4,7-8,10,14H2,(H2,15,17). The predicted molar refractivity (Wildman–Crippen MR) is 74.4 cm³/mol. The van der Waals surface area contributed by atoms with E-state index in [-0.39, 0.29) is 0 Å². The number of hydrogen-bond donors (Lipinski definition) is 2. The Morgan fingerprint density at radius 2 is 1.94 bits per heavy atom. The summed E-state index contributed by atoms with van der Waals surface area (Å²) in [6.45, 7) is 1.32. The van der Waals surface area contributed by atoms with Gasteiger partial charge in [0.1, 0.15) is 0 Å². The molecule has 0 spiro atoms. The number of ether oxygens (including phenoxy) is 1. The summed E-state index contributed by atoms with van der Waals surface area (Å²) in [6.07, 6.45) is 3.25. The van der Waals surface area contributed by atoms with Crippen LogP contribution in [0.3, 0.4) is 0 Å². The highest BCUT2D eigenvalue weighted by Gasteiger charge is 1.95. The topological polar surface area (TPSA) is 61.3 Å². The molecule has 0 radical (unpaired) electrons. The molecule has 0 amide bonds. The fourth-order valence-corrected chi connectivity index (χ4v) is 1.55. The maximum Gasteiger partial charge on any atom is 0.0979 e. The quantitative estimate of drug-likeness (QED) is 0.442. The van der Waals surface area contributed by atoms with Crippen molar-refractivity contribution in [3.8, 4) is 0 Å². The number of allylic oxidation sites excluding steroid dienone is 1. The number of thiocarbonyl (C=S) groups is 1. The van der Waals surface area contributed by atoms with Crippen molar-refractivity contribution in [1.82, 2.24) is 0 Å². The molecular formula is C13H18N2OS. The van der Waals surface area contributed by atoms with Crippen molar-refractivity contribution in [1.29, 1.82) is 0 Å². The lowest BCUT2D eigenvalue weighted by Gasteiger charge is -2.04. The van der Waals surface area contributed by atoms with Gasteiger partial charge in [-0.25, -0.2) is 0 Å². The second kappa shape index (κ2) is 7.81. The second-order valence-corrected chi connectivity index (χ2v) is 4.23. The van der Waals surface area contributed by atoms with E-state index in [9.17, 15) is 0 Å². The molecule has 0 saturated heterocycles. The van der Waals surface area contributed by atoms with Crippen LogP contribution < -0.4 is 11.5 Å². The van der Waals surface area contributed by atoms with Gasteiger partial charge in [0.25, 0.3) is 0 Å². The van der Waals surface area contributed by atoms with Crippen molar-refractivity contribution in [2.75, 3.05) is 6.61 Å². The van der Waals surface area contributed by atoms with E-state index in [1.807, 2.05) is 30.3 Å². The average molecular weight is 250 g/mol. The second-order valence-electron chi connectivity index (χ2n) is 3.76. The van der Waals surface area contributed by atoms with E-state index >= 15 is 0 Å². The monoisotopic (exact) mass is 250 g/mol. The molecule has 0 aliphatic carbocycles. The summed E-state index contributed by atoms with van der Waals surface area (Å²) in [5, 5.41) is 0. The molecule has 0 aromatic heterocycles. The molecule has 1 aromatic carbocycles. The number of rotatable bonds is 7. The van der Waals surface area contributed by atoms with E-state index in [0.29, 0.717) is 23.9 Å². The van der Waals surface area contributed by atoms with E-state index in [1.54, 1.807) is 6.08 Å². The Morgan fingerprint density at radius 1 is 1.24 bits per heavy atom. The lowest BCUT2D eigenvalue weighted by atomic mass is 10.2. The average Bonchev–Trinajstić information content (AvgIpc) is 2.29. The smallest absolute Gasteiger partial charge is 0.0979 e. The molecule has 1 aromatic rings. The number of nitrogens with two attached hydrogens (primary N) is 2. The first-order chi connectivity index (χ1) is 8.18. The minimum atomic E-state index is 0.327. The molecule has 4 heteroatoms. The molecule has 0 unspecified atom stereocenters. The van der Waals surface area contributed by atoms with Crippen molar-refractivity contribution in [2.45, 2.75) is 19.4 Å². The minimum Gasteiger partial charge on any atom is -0.402 e. The van der Waals surface area contributed by atoms with Gasteiger partial charge in [-0.05, 0) is 24.5 Å². The highest BCUT2D eigenvalue weighted by molar-refractivity contribution is 7.80. The van der Waals surface area contributed by atoms with Crippen molar-refractivity contribution >= 4 is 17.2 Å². The number of benzene rings is 1. The van der Waals surface area contributed by atoms with Crippen LogP contribution in [0.2, 0.25) is 0 Å². The fraction of sp³-hybridized carbons (Fsp3) is 0.308. The van der Waals surface area contributed by atoms with E-state index in [2.05, 4.69) is 0 Å². The van der Waals surface area contributed by atoms with Crippen LogP contribution in [0.25, 0.3) is 0 Å². The maximum absolute atomic E-state index is 5.71. The van der Waals surface area contributed by atoms with Crippen LogP contribution in [0.15, 0.2) is 42.1 Å². The molecule has 92 valence electrons. The van der Waals surface area contributed by atoms with Gasteiger partial charge in [0.2, 0.25) is 0 Å². The molecule has 0 bridgehead atoms. The van der Waals surface area contributed by atoms with Gasteiger partial charge in [-0.2, -0.15) is 0 Å². The van der Waals surface area contributed by atoms with Gasteiger partial charge in [0.15, 0.2) is 0 Å². The summed E-state index contributed by atoms with van der Waals surface area (Å²) >= 11 is 4.73. The minimum absolute atomic E-state index is 0.327. The fourth-order valence-electron chi connectivity index (χ4n) is 1.40. The Balaban J connectivity index is 2.11. The third-order valence-electron chi connectivity index (χ3n) is 2.19. The molecule has 0 atom stereocenters. The molecule has 4 N–H and O–H groups in total. The lowest BCUT2D eigenvalue weighted by molar-refractivity contribution is 0.118. The zero-order valence-electron chi connectivity index (χ0n) is 9.76. The summed E-state index contributed by atoms with van der Waals surface area (Å²) in [7, 11) is 0. The van der Waals surface area contributed by atoms with Crippen LogP contribution >= 0.6 is 12.2 Å². The SMILES string of the molecule is NC(=S)C=C(N)CCCOCc1ccccc1. The van der Waals surface area contributed by atoms with Crippen LogP contribution in [0.4, 0.5) is 0 Å². The molecule has 17 heavy (non-hydrogen) atoms. The van der Waals surface area contributed by atoms with E-state index in [0.717, 1.165) is 12.8 Å². The van der Waals surface area contributed by atoms with Crippen molar-refractivity contribution < 1.29 is 4.74 Å². The van der Waals surface area contributed by atoms with Gasteiger partial charge < -0.3 is 16.2 Å². The summed E-state index contributed by atoms with van der Waals surface area (Å²) < 4.78 is 5.53. The summed E-state index contributed by atoms with van der Waals surface area (Å²) in [6, 6.07) is 10.1. The van der Waals surface area contributed by atoms with Crippen LogP contribution in [0, 0.1) is 0 Å². The van der Waals surface area contributed by atoms with Crippen molar-refractivity contribution in [3.63, 3.8) is 0 Å².